The molecule has 1 aliphatic heterocycles. The minimum atomic E-state index is -0.282. The number of rotatable bonds is 6. The first-order chi connectivity index (χ1) is 15.0. The Hall–Kier alpha value is -2.77. The number of nitrogens with one attached hydrogen (secondary N) is 2. The van der Waals surface area contributed by atoms with Crippen molar-refractivity contribution < 1.29 is 9.13 Å². The molecule has 1 aromatic heterocycles. The molecule has 3 aromatic rings. The Morgan fingerprint density at radius 1 is 1.23 bits per heavy atom. The number of hydrogen-bond acceptors (Lipinski definition) is 3. The summed E-state index contributed by atoms with van der Waals surface area (Å²) in [6.45, 7) is 4.24. The Morgan fingerprint density at radius 2 is 2.03 bits per heavy atom. The molecule has 0 saturated carbocycles. The lowest BCUT2D eigenvalue weighted by atomic mass is 10.1. The van der Waals surface area contributed by atoms with E-state index in [9.17, 15) is 9.18 Å². The fourth-order valence-corrected chi connectivity index (χ4v) is 4.03. The Morgan fingerprint density at radius 3 is 2.77 bits per heavy atom. The van der Waals surface area contributed by atoms with Crippen LogP contribution in [0.15, 0.2) is 53.3 Å². The van der Waals surface area contributed by atoms with E-state index in [-0.39, 0.29) is 17.5 Å². The van der Waals surface area contributed by atoms with Gasteiger partial charge in [0, 0.05) is 30.8 Å². The summed E-state index contributed by atoms with van der Waals surface area (Å²) >= 11 is 5.67. The third kappa shape index (κ3) is 5.48. The van der Waals surface area contributed by atoms with Crippen LogP contribution in [0.25, 0.3) is 10.9 Å². The van der Waals surface area contributed by atoms with Crippen molar-refractivity contribution in [3.05, 3.63) is 81.4 Å². The molecule has 1 saturated heterocycles. The number of aromatic amines is 1. The summed E-state index contributed by atoms with van der Waals surface area (Å²) in [6, 6.07) is 14.2. The lowest BCUT2D eigenvalue weighted by Gasteiger charge is -2.27. The molecule has 1 aliphatic rings. The normalized spacial score (nSPS) is 15.9. The number of nitrogens with zero attached hydrogens (tertiary/aromatic N) is 1. The molecule has 0 spiro atoms. The Balaban J connectivity index is 1.57. The van der Waals surface area contributed by atoms with Crippen molar-refractivity contribution in [2.75, 3.05) is 13.2 Å². The number of benzene rings is 2. The summed E-state index contributed by atoms with van der Waals surface area (Å²) in [5.74, 6) is -0.282. The molecule has 162 valence electrons. The van der Waals surface area contributed by atoms with Crippen LogP contribution in [-0.2, 0) is 17.8 Å². The van der Waals surface area contributed by atoms with Gasteiger partial charge in [-0.2, -0.15) is 0 Å². The van der Waals surface area contributed by atoms with E-state index in [1.807, 2.05) is 36.1 Å². The highest BCUT2D eigenvalue weighted by molar-refractivity contribution is 7.80. The Labute approximate surface area is 186 Å². The van der Waals surface area contributed by atoms with Crippen LogP contribution < -0.4 is 10.9 Å². The molecule has 4 rings (SSSR count). The van der Waals surface area contributed by atoms with Crippen molar-refractivity contribution in [2.24, 2.45) is 0 Å². The number of aromatic nitrogens is 1. The largest absolute Gasteiger partial charge is 0.376 e. The van der Waals surface area contributed by atoms with Crippen LogP contribution in [0, 0.1) is 12.7 Å². The van der Waals surface area contributed by atoms with Gasteiger partial charge >= 0.3 is 0 Å². The van der Waals surface area contributed by atoms with Gasteiger partial charge in [-0.05, 0) is 73.3 Å². The lowest BCUT2D eigenvalue weighted by molar-refractivity contribution is 0.113. The first-order valence-corrected chi connectivity index (χ1v) is 10.9. The van der Waals surface area contributed by atoms with Crippen molar-refractivity contribution in [1.29, 1.82) is 0 Å². The number of hydrogen-bond donors (Lipinski definition) is 2. The molecule has 0 bridgehead atoms. The first-order valence-electron chi connectivity index (χ1n) is 10.5. The second kappa shape index (κ2) is 9.58. The van der Waals surface area contributed by atoms with E-state index >= 15 is 0 Å². The highest BCUT2D eigenvalue weighted by Gasteiger charge is 2.18. The summed E-state index contributed by atoms with van der Waals surface area (Å²) in [4.78, 5) is 17.6. The average molecular weight is 440 g/mol. The van der Waals surface area contributed by atoms with Gasteiger partial charge in [-0.1, -0.05) is 23.8 Å². The third-order valence-corrected chi connectivity index (χ3v) is 5.92. The maximum atomic E-state index is 13.3. The van der Waals surface area contributed by atoms with E-state index in [0.717, 1.165) is 41.5 Å². The Bertz CT molecular complexity index is 1120. The summed E-state index contributed by atoms with van der Waals surface area (Å²) in [7, 11) is 0. The number of H-pyrrole nitrogens is 1. The molecule has 1 atom stereocenters. The minimum absolute atomic E-state index is 0.137. The monoisotopic (exact) mass is 439 g/mol. The van der Waals surface area contributed by atoms with Gasteiger partial charge in [0.15, 0.2) is 5.11 Å². The number of aryl methyl sites for hydroxylation is 1. The molecular weight excluding hydrogens is 413 g/mol. The van der Waals surface area contributed by atoms with Crippen molar-refractivity contribution in [3.63, 3.8) is 0 Å². The first kappa shape index (κ1) is 21.5. The zero-order valence-electron chi connectivity index (χ0n) is 17.5. The SMILES string of the molecule is Cc1ccc2[nH]c(=O)c(CN(Cc3ccc(F)cc3)C(=S)NC[C@H]3CCCO3)cc2c1. The van der Waals surface area contributed by atoms with Gasteiger partial charge in [0.05, 0.1) is 12.6 Å². The second-order valence-electron chi connectivity index (χ2n) is 8.02. The van der Waals surface area contributed by atoms with Crippen molar-refractivity contribution >= 4 is 28.2 Å². The zero-order chi connectivity index (χ0) is 21.8. The second-order valence-corrected chi connectivity index (χ2v) is 8.40. The molecule has 7 heteroatoms. The number of thiocarbonyl (C=S) groups is 1. The van der Waals surface area contributed by atoms with Gasteiger partial charge in [0.2, 0.25) is 0 Å². The maximum absolute atomic E-state index is 13.3. The van der Waals surface area contributed by atoms with Gasteiger partial charge in [0.1, 0.15) is 5.82 Å². The van der Waals surface area contributed by atoms with Crippen LogP contribution in [0.1, 0.15) is 29.5 Å². The highest BCUT2D eigenvalue weighted by Crippen LogP contribution is 2.16. The number of halogens is 1. The predicted molar refractivity (Wildman–Crippen MR) is 125 cm³/mol. The average Bonchev–Trinajstić information content (AvgIpc) is 3.27. The molecule has 0 amide bonds. The van der Waals surface area contributed by atoms with E-state index in [2.05, 4.69) is 10.3 Å². The van der Waals surface area contributed by atoms with Crippen LogP contribution in [0.5, 0.6) is 0 Å². The summed E-state index contributed by atoms with van der Waals surface area (Å²) in [6.07, 6.45) is 2.22. The Kier molecular flexibility index (Phi) is 6.63. The molecule has 2 aromatic carbocycles. The van der Waals surface area contributed by atoms with Crippen LogP contribution in [-0.4, -0.2) is 34.3 Å². The van der Waals surface area contributed by atoms with E-state index in [0.29, 0.717) is 30.3 Å². The highest BCUT2D eigenvalue weighted by atomic mass is 32.1. The van der Waals surface area contributed by atoms with E-state index < -0.39 is 0 Å². The fraction of sp³-hybridized carbons (Fsp3) is 0.333. The van der Waals surface area contributed by atoms with Gasteiger partial charge in [-0.3, -0.25) is 4.79 Å². The predicted octanol–water partition coefficient (Wildman–Crippen LogP) is 4.03. The zero-order valence-corrected chi connectivity index (χ0v) is 18.3. The van der Waals surface area contributed by atoms with E-state index in [1.165, 1.54) is 12.1 Å². The number of fused-ring (bicyclic) bond motifs is 1. The molecule has 2 N–H and O–H groups in total. The van der Waals surface area contributed by atoms with Crippen LogP contribution in [0.4, 0.5) is 4.39 Å². The molecule has 2 heterocycles. The van der Waals surface area contributed by atoms with Gasteiger partial charge in [-0.15, -0.1) is 0 Å². The molecule has 0 aliphatic carbocycles. The quantitative estimate of drug-likeness (QED) is 0.568. The fourth-order valence-electron chi connectivity index (χ4n) is 3.82. The van der Waals surface area contributed by atoms with E-state index in [4.69, 9.17) is 17.0 Å². The smallest absolute Gasteiger partial charge is 0.253 e. The van der Waals surface area contributed by atoms with Crippen LogP contribution in [0.3, 0.4) is 0 Å². The van der Waals surface area contributed by atoms with Crippen LogP contribution >= 0.6 is 12.2 Å². The maximum Gasteiger partial charge on any atom is 0.253 e. The van der Waals surface area contributed by atoms with Gasteiger partial charge in [-0.25, -0.2) is 4.39 Å². The number of ether oxygens (including phenoxy) is 1. The van der Waals surface area contributed by atoms with Crippen molar-refractivity contribution in [1.82, 2.24) is 15.2 Å². The van der Waals surface area contributed by atoms with Crippen molar-refractivity contribution in [3.8, 4) is 0 Å². The van der Waals surface area contributed by atoms with Gasteiger partial charge < -0.3 is 19.9 Å². The minimum Gasteiger partial charge on any atom is -0.376 e. The molecule has 0 radical (unpaired) electrons. The number of pyridine rings is 1. The molecule has 31 heavy (non-hydrogen) atoms. The molecule has 5 nitrogen and oxygen atoms in total. The molecule has 1 fully saturated rings. The lowest BCUT2D eigenvalue weighted by Crippen LogP contribution is -2.42. The summed E-state index contributed by atoms with van der Waals surface area (Å²) in [5, 5.41) is 4.81. The summed E-state index contributed by atoms with van der Waals surface area (Å²) in [5.41, 5.74) is 3.34. The molecular formula is C24H26FN3O2S. The van der Waals surface area contributed by atoms with Crippen molar-refractivity contribution in [2.45, 2.75) is 39.0 Å². The standard InChI is InChI=1S/C24H26FN3O2S/c1-16-4-9-22-18(11-16)12-19(23(29)27-22)15-28(14-17-5-7-20(25)8-6-17)24(31)26-13-21-3-2-10-30-21/h4-9,11-12,21H,2-3,10,13-15H2,1H3,(H,26,31)(H,27,29)/t21-/m1/s1. The third-order valence-electron chi connectivity index (χ3n) is 5.52. The topological polar surface area (TPSA) is 57.4 Å². The summed E-state index contributed by atoms with van der Waals surface area (Å²) < 4.78 is 19.0. The molecule has 0 unspecified atom stereocenters. The van der Waals surface area contributed by atoms with Gasteiger partial charge in [0.25, 0.3) is 5.56 Å². The van der Waals surface area contributed by atoms with Crippen LogP contribution in [0.2, 0.25) is 0 Å². The van der Waals surface area contributed by atoms with E-state index in [1.54, 1.807) is 12.1 Å².